The number of hydrogen-bond acceptors (Lipinski definition) is 1. The van der Waals surface area contributed by atoms with Crippen molar-refractivity contribution in [2.45, 2.75) is 24.4 Å². The molecule has 0 amide bonds. The molecule has 1 nitrogen and oxygen atoms in total. The largest absolute Gasteiger partial charge is 0.395 e. The molecule has 0 atom stereocenters. The third kappa shape index (κ3) is 1.48. The third-order valence-corrected chi connectivity index (χ3v) is 3.66. The maximum absolute atomic E-state index is 12.9. The van der Waals surface area contributed by atoms with Crippen molar-refractivity contribution in [3.63, 3.8) is 0 Å². The summed E-state index contributed by atoms with van der Waals surface area (Å²) in [4.78, 5) is 0. The van der Waals surface area contributed by atoms with Gasteiger partial charge in [0.15, 0.2) is 0 Å². The summed E-state index contributed by atoms with van der Waals surface area (Å²) in [6, 6.07) is 7.72. The van der Waals surface area contributed by atoms with Gasteiger partial charge in [-0.25, -0.2) is 4.39 Å². The Bertz CT molecular complexity index is 334. The van der Waals surface area contributed by atoms with Gasteiger partial charge < -0.3 is 5.11 Å². The predicted molar refractivity (Wildman–Crippen MR) is 57.0 cm³/mol. The van der Waals surface area contributed by atoms with Gasteiger partial charge in [-0.05, 0) is 24.5 Å². The van der Waals surface area contributed by atoms with E-state index in [1.807, 2.05) is 24.3 Å². The smallest absolute Gasteiger partial charge is 0.102 e. The first-order valence-corrected chi connectivity index (χ1v) is 5.47. The summed E-state index contributed by atoms with van der Waals surface area (Å²) < 4.78 is 13.8. The van der Waals surface area contributed by atoms with Crippen LogP contribution >= 0.6 is 15.9 Å². The van der Waals surface area contributed by atoms with Crippen molar-refractivity contribution >= 4 is 15.9 Å². The van der Waals surface area contributed by atoms with E-state index in [0.717, 1.165) is 10.0 Å². The first-order chi connectivity index (χ1) is 6.68. The second-order valence-corrected chi connectivity index (χ2v) is 4.78. The molecule has 1 saturated carbocycles. The molecule has 1 aliphatic rings. The number of alkyl halides is 1. The van der Waals surface area contributed by atoms with Gasteiger partial charge in [0, 0.05) is 9.89 Å². The van der Waals surface area contributed by atoms with Crippen LogP contribution in [0.1, 0.15) is 18.4 Å². The second-order valence-electron chi connectivity index (χ2n) is 3.92. The van der Waals surface area contributed by atoms with Gasteiger partial charge in [-0.3, -0.25) is 0 Å². The van der Waals surface area contributed by atoms with E-state index in [-0.39, 0.29) is 12.0 Å². The topological polar surface area (TPSA) is 20.2 Å². The summed E-state index contributed by atoms with van der Waals surface area (Å²) >= 11 is 3.43. The van der Waals surface area contributed by atoms with Crippen molar-refractivity contribution in [1.82, 2.24) is 0 Å². The molecule has 0 aliphatic heterocycles. The average Bonchev–Trinajstić information content (AvgIpc) is 2.14. The fourth-order valence-electron chi connectivity index (χ4n) is 2.11. The van der Waals surface area contributed by atoms with Gasteiger partial charge in [0.05, 0.1) is 6.61 Å². The van der Waals surface area contributed by atoms with Crippen LogP contribution in [0, 0.1) is 0 Å². The van der Waals surface area contributed by atoms with Crippen molar-refractivity contribution in [3.8, 4) is 0 Å². The molecule has 1 aliphatic carbocycles. The second kappa shape index (κ2) is 3.63. The zero-order valence-electron chi connectivity index (χ0n) is 7.71. The molecule has 1 aromatic rings. The van der Waals surface area contributed by atoms with Crippen LogP contribution in [0.4, 0.5) is 4.39 Å². The van der Waals surface area contributed by atoms with Crippen LogP contribution in [-0.2, 0) is 5.41 Å². The van der Waals surface area contributed by atoms with Crippen molar-refractivity contribution in [1.29, 1.82) is 0 Å². The van der Waals surface area contributed by atoms with Crippen LogP contribution in [0.2, 0.25) is 0 Å². The zero-order valence-corrected chi connectivity index (χ0v) is 9.30. The maximum atomic E-state index is 12.9. The highest BCUT2D eigenvalue weighted by Gasteiger charge is 2.46. The molecule has 76 valence electrons. The predicted octanol–water partition coefficient (Wildman–Crippen LogP) is 2.81. The summed E-state index contributed by atoms with van der Waals surface area (Å²) in [5, 5.41) is 9.34. The first kappa shape index (κ1) is 10.1. The Kier molecular flexibility index (Phi) is 2.62. The van der Waals surface area contributed by atoms with Gasteiger partial charge in [-0.2, -0.15) is 0 Å². The van der Waals surface area contributed by atoms with Crippen molar-refractivity contribution in [2.24, 2.45) is 0 Å². The lowest BCUT2D eigenvalue weighted by Gasteiger charge is -2.43. The molecule has 0 aromatic heterocycles. The van der Waals surface area contributed by atoms with Crippen LogP contribution in [0.25, 0.3) is 0 Å². The van der Waals surface area contributed by atoms with Crippen molar-refractivity contribution in [3.05, 3.63) is 34.3 Å². The molecule has 0 saturated heterocycles. The molecule has 0 unspecified atom stereocenters. The van der Waals surface area contributed by atoms with E-state index >= 15 is 0 Å². The van der Waals surface area contributed by atoms with Crippen LogP contribution < -0.4 is 0 Å². The first-order valence-electron chi connectivity index (χ1n) is 4.68. The molecule has 2 rings (SSSR count). The summed E-state index contributed by atoms with van der Waals surface area (Å²) in [6.45, 7) is 0.0238. The zero-order chi connectivity index (χ0) is 10.2. The van der Waals surface area contributed by atoms with Gasteiger partial charge >= 0.3 is 0 Å². The fraction of sp³-hybridized carbons (Fsp3) is 0.455. The van der Waals surface area contributed by atoms with Crippen LogP contribution in [0.5, 0.6) is 0 Å². The van der Waals surface area contributed by atoms with E-state index in [4.69, 9.17) is 0 Å². The minimum absolute atomic E-state index is 0.0238. The minimum Gasteiger partial charge on any atom is -0.395 e. The Labute approximate surface area is 91.1 Å². The molecule has 1 fully saturated rings. The number of aliphatic hydroxyl groups excluding tert-OH is 1. The Hall–Kier alpha value is -0.410. The Morgan fingerprint density at radius 1 is 1.43 bits per heavy atom. The fourth-order valence-corrected chi connectivity index (χ4v) is 2.82. The molecule has 0 heterocycles. The van der Waals surface area contributed by atoms with Gasteiger partial charge in [0.1, 0.15) is 6.17 Å². The Balaban J connectivity index is 2.34. The number of halogens is 2. The quantitative estimate of drug-likeness (QED) is 0.865. The number of rotatable bonds is 2. The van der Waals surface area contributed by atoms with E-state index in [0.29, 0.717) is 12.8 Å². The highest BCUT2D eigenvalue weighted by molar-refractivity contribution is 9.10. The van der Waals surface area contributed by atoms with Gasteiger partial charge in [-0.1, -0.05) is 34.1 Å². The highest BCUT2D eigenvalue weighted by atomic mass is 79.9. The SMILES string of the molecule is OCC1(c2ccccc2Br)CC(F)C1. The Morgan fingerprint density at radius 3 is 2.57 bits per heavy atom. The maximum Gasteiger partial charge on any atom is 0.102 e. The standard InChI is InChI=1S/C11H12BrFO/c12-10-4-2-1-3-9(10)11(7-14)5-8(13)6-11/h1-4,8,14H,5-7H2. The van der Waals surface area contributed by atoms with Crippen LogP contribution in [-0.4, -0.2) is 17.9 Å². The van der Waals surface area contributed by atoms with E-state index in [2.05, 4.69) is 15.9 Å². The molecule has 14 heavy (non-hydrogen) atoms. The van der Waals surface area contributed by atoms with Gasteiger partial charge in [0.25, 0.3) is 0 Å². The lowest BCUT2D eigenvalue weighted by Crippen LogP contribution is -2.45. The Morgan fingerprint density at radius 2 is 2.07 bits per heavy atom. The highest BCUT2D eigenvalue weighted by Crippen LogP contribution is 2.47. The van der Waals surface area contributed by atoms with Gasteiger partial charge in [-0.15, -0.1) is 0 Å². The average molecular weight is 259 g/mol. The molecule has 3 heteroatoms. The van der Waals surface area contributed by atoms with Crippen LogP contribution in [0.15, 0.2) is 28.7 Å². The third-order valence-electron chi connectivity index (χ3n) is 2.97. The van der Waals surface area contributed by atoms with Gasteiger partial charge in [0.2, 0.25) is 0 Å². The number of benzene rings is 1. The van der Waals surface area contributed by atoms with E-state index in [1.165, 1.54) is 0 Å². The van der Waals surface area contributed by atoms with Crippen molar-refractivity contribution < 1.29 is 9.50 Å². The molecule has 0 spiro atoms. The molecular weight excluding hydrogens is 247 g/mol. The minimum atomic E-state index is -0.755. The molecule has 0 radical (unpaired) electrons. The molecule has 1 N–H and O–H groups in total. The molecule has 0 bridgehead atoms. The molecular formula is C11H12BrFO. The van der Waals surface area contributed by atoms with E-state index < -0.39 is 6.17 Å². The molecule has 1 aromatic carbocycles. The number of aliphatic hydroxyl groups is 1. The summed E-state index contributed by atoms with van der Waals surface area (Å²) in [6.07, 6.45) is 0.118. The van der Waals surface area contributed by atoms with Crippen LogP contribution in [0.3, 0.4) is 0 Å². The summed E-state index contributed by atoms with van der Waals surface area (Å²) in [7, 11) is 0. The summed E-state index contributed by atoms with van der Waals surface area (Å²) in [5.74, 6) is 0. The normalized spacial score (nSPS) is 31.2. The monoisotopic (exact) mass is 258 g/mol. The van der Waals surface area contributed by atoms with E-state index in [9.17, 15) is 9.50 Å². The summed E-state index contributed by atoms with van der Waals surface area (Å²) in [5.41, 5.74) is 0.677. The lowest BCUT2D eigenvalue weighted by molar-refractivity contribution is 0.0405. The lowest BCUT2D eigenvalue weighted by atomic mass is 9.64. The number of hydrogen-bond donors (Lipinski definition) is 1. The van der Waals surface area contributed by atoms with Crippen molar-refractivity contribution in [2.75, 3.05) is 6.61 Å². The van der Waals surface area contributed by atoms with E-state index in [1.54, 1.807) is 0 Å².